The first-order valence-corrected chi connectivity index (χ1v) is 10.4. The minimum absolute atomic E-state index is 0.0524. The van der Waals surface area contributed by atoms with Crippen LogP contribution in [0.2, 0.25) is 0 Å². The number of benzene rings is 2. The Morgan fingerprint density at radius 2 is 1.77 bits per heavy atom. The van der Waals surface area contributed by atoms with Gasteiger partial charge in [-0.3, -0.25) is 0 Å². The summed E-state index contributed by atoms with van der Waals surface area (Å²) in [4.78, 5) is 0.377. The van der Waals surface area contributed by atoms with Crippen molar-refractivity contribution in [3.05, 3.63) is 65.6 Å². The lowest BCUT2D eigenvalue weighted by atomic mass is 9.90. The van der Waals surface area contributed by atoms with Gasteiger partial charge in [0, 0.05) is 0 Å². The van der Waals surface area contributed by atoms with Crippen LogP contribution in [0.15, 0.2) is 53.4 Å². The monoisotopic (exact) mass is 372 g/mol. The third-order valence-corrected chi connectivity index (χ3v) is 6.97. The van der Waals surface area contributed by atoms with E-state index in [0.717, 1.165) is 29.7 Å². The van der Waals surface area contributed by atoms with Crippen LogP contribution in [0.4, 0.5) is 0 Å². The molecule has 0 bridgehead atoms. The first-order chi connectivity index (χ1) is 12.4. The maximum absolute atomic E-state index is 13.2. The molecule has 1 heterocycles. The van der Waals surface area contributed by atoms with E-state index in [2.05, 4.69) is 6.92 Å². The van der Waals surface area contributed by atoms with E-state index in [9.17, 15) is 8.42 Å². The molecular weight excluding hydrogens is 346 g/mol. The predicted octanol–water partition coefficient (Wildman–Crippen LogP) is 3.99. The molecule has 0 radical (unpaired) electrons. The molecule has 5 heteroatoms. The van der Waals surface area contributed by atoms with Crippen LogP contribution in [0.5, 0.6) is 5.75 Å². The van der Waals surface area contributed by atoms with E-state index in [4.69, 9.17) is 4.74 Å². The molecule has 0 aromatic heterocycles. The van der Waals surface area contributed by atoms with Crippen LogP contribution >= 0.6 is 0 Å². The van der Waals surface area contributed by atoms with Gasteiger partial charge in [0.05, 0.1) is 37.4 Å². The van der Waals surface area contributed by atoms with Gasteiger partial charge in [0.2, 0.25) is 10.0 Å². The maximum atomic E-state index is 13.2. The van der Waals surface area contributed by atoms with Crippen molar-refractivity contribution in [2.24, 2.45) is 0 Å². The van der Waals surface area contributed by atoms with E-state index < -0.39 is 10.0 Å². The third kappa shape index (κ3) is 4.05. The Morgan fingerprint density at radius 3 is 2.38 bits per heavy atom. The highest BCUT2D eigenvalue weighted by atomic mass is 32.2. The largest absolute Gasteiger partial charge is 0.497 e. The normalized spacial score (nSPS) is 18.7. The summed E-state index contributed by atoms with van der Waals surface area (Å²) in [5.41, 5.74) is 2.18. The summed E-state index contributed by atoms with van der Waals surface area (Å²) in [6, 6.07) is 14.9. The zero-order valence-electron chi connectivity index (χ0n) is 15.6. The van der Waals surface area contributed by atoms with Crippen LogP contribution < -0.4 is 4.74 Å². The number of hydrogen-bond acceptors (Lipinski definition) is 3. The minimum atomic E-state index is -3.49. The molecule has 1 atom stereocenters. The van der Waals surface area contributed by atoms with Crippen molar-refractivity contribution in [3.8, 4) is 5.75 Å². The molecule has 1 aliphatic rings. The molecule has 2 aromatic rings. The Bertz CT molecular complexity index is 829. The highest BCUT2D eigenvalue weighted by Crippen LogP contribution is 2.31. The topological polar surface area (TPSA) is 46.6 Å². The fraction of sp³-hybridized carbons (Fsp3) is 0.381. The van der Waals surface area contributed by atoms with Crippen molar-refractivity contribution in [1.29, 1.82) is 0 Å². The smallest absolute Gasteiger partial charge is 0.243 e. The Labute approximate surface area is 156 Å². The van der Waals surface area contributed by atoms with Gasteiger partial charge in [-0.25, -0.2) is 8.42 Å². The van der Waals surface area contributed by atoms with Crippen LogP contribution in [-0.2, 0) is 16.4 Å². The number of aryl methyl sites for hydroxylation is 1. The van der Waals surface area contributed by atoms with Crippen LogP contribution in [0.25, 0.3) is 0 Å². The number of methoxy groups -OCH3 is 1. The van der Waals surface area contributed by atoms with Gasteiger partial charge in [-0.2, -0.15) is 4.31 Å². The SMILES string of the molecule is COc1ccc(CC2C[C+](C)CCN2S(=O)(=O)c2ccc(C)cc2)cc1. The van der Waals surface area contributed by atoms with Crippen molar-refractivity contribution in [2.75, 3.05) is 13.7 Å². The maximum Gasteiger partial charge on any atom is 0.243 e. The highest BCUT2D eigenvalue weighted by Gasteiger charge is 2.40. The lowest BCUT2D eigenvalue weighted by molar-refractivity contribution is 0.267. The average Bonchev–Trinajstić information content (AvgIpc) is 2.62. The highest BCUT2D eigenvalue weighted by molar-refractivity contribution is 7.89. The van der Waals surface area contributed by atoms with E-state index >= 15 is 0 Å². The van der Waals surface area contributed by atoms with Gasteiger partial charge in [-0.15, -0.1) is 0 Å². The van der Waals surface area contributed by atoms with Crippen molar-refractivity contribution in [3.63, 3.8) is 0 Å². The molecule has 1 aliphatic heterocycles. The molecule has 3 rings (SSSR count). The van der Waals surface area contributed by atoms with Crippen molar-refractivity contribution in [2.45, 2.75) is 44.0 Å². The summed E-state index contributed by atoms with van der Waals surface area (Å²) in [6.45, 7) is 4.63. The van der Waals surface area contributed by atoms with Crippen molar-refractivity contribution in [1.82, 2.24) is 4.31 Å². The molecule has 1 saturated heterocycles. The lowest BCUT2D eigenvalue weighted by Gasteiger charge is -2.33. The zero-order valence-corrected chi connectivity index (χ0v) is 16.4. The summed E-state index contributed by atoms with van der Waals surface area (Å²) in [6.07, 6.45) is 2.33. The van der Waals surface area contributed by atoms with Crippen LogP contribution in [0, 0.1) is 12.8 Å². The molecule has 0 saturated carbocycles. The Balaban J connectivity index is 1.86. The number of ether oxygens (including phenoxy) is 1. The van der Waals surface area contributed by atoms with Crippen LogP contribution in [0.1, 0.15) is 30.9 Å². The summed E-state index contributed by atoms with van der Waals surface area (Å²) >= 11 is 0. The second kappa shape index (κ2) is 7.72. The number of nitrogens with zero attached hydrogens (tertiary/aromatic N) is 1. The third-order valence-electron chi connectivity index (χ3n) is 5.01. The molecule has 26 heavy (non-hydrogen) atoms. The number of rotatable bonds is 5. The van der Waals surface area contributed by atoms with Gasteiger partial charge in [0.15, 0.2) is 0 Å². The van der Waals surface area contributed by atoms with Crippen molar-refractivity contribution >= 4 is 10.0 Å². The van der Waals surface area contributed by atoms with Gasteiger partial charge in [0.1, 0.15) is 18.6 Å². The zero-order chi connectivity index (χ0) is 18.7. The first-order valence-electron chi connectivity index (χ1n) is 8.93. The second-order valence-corrected chi connectivity index (χ2v) is 8.94. The van der Waals surface area contributed by atoms with Gasteiger partial charge < -0.3 is 4.74 Å². The summed E-state index contributed by atoms with van der Waals surface area (Å²) in [7, 11) is -1.85. The van der Waals surface area contributed by atoms with E-state index in [1.165, 1.54) is 5.92 Å². The van der Waals surface area contributed by atoms with E-state index in [1.807, 2.05) is 43.3 Å². The van der Waals surface area contributed by atoms with Crippen LogP contribution in [0.3, 0.4) is 0 Å². The quantitative estimate of drug-likeness (QED) is 0.746. The second-order valence-electron chi connectivity index (χ2n) is 7.05. The molecule has 138 valence electrons. The molecule has 0 aliphatic carbocycles. The molecule has 0 amide bonds. The standard InChI is InChI=1S/C21H26NO3S/c1-16-4-10-21(11-5-16)26(23,24)22-13-12-17(2)14-19(22)15-18-6-8-20(25-3)9-7-18/h4-11,19H,12-15H2,1-3H3/q+1. The Morgan fingerprint density at radius 1 is 1.12 bits per heavy atom. The van der Waals surface area contributed by atoms with E-state index in [1.54, 1.807) is 23.5 Å². The molecule has 1 fully saturated rings. The number of sulfonamides is 1. The van der Waals surface area contributed by atoms with E-state index in [0.29, 0.717) is 17.9 Å². The van der Waals surface area contributed by atoms with Gasteiger partial charge in [0.25, 0.3) is 0 Å². The number of hydrogen-bond donors (Lipinski definition) is 0. The van der Waals surface area contributed by atoms with Gasteiger partial charge >= 0.3 is 0 Å². The van der Waals surface area contributed by atoms with Crippen molar-refractivity contribution < 1.29 is 13.2 Å². The van der Waals surface area contributed by atoms with Crippen LogP contribution in [-0.4, -0.2) is 32.4 Å². The average molecular weight is 373 g/mol. The Kier molecular flexibility index (Phi) is 5.58. The summed E-state index contributed by atoms with van der Waals surface area (Å²) < 4.78 is 33.3. The molecule has 0 spiro atoms. The fourth-order valence-corrected chi connectivity index (χ4v) is 5.08. The first kappa shape index (κ1) is 18.8. The summed E-state index contributed by atoms with van der Waals surface area (Å²) in [5, 5.41) is 0. The molecule has 1 unspecified atom stereocenters. The minimum Gasteiger partial charge on any atom is -0.497 e. The van der Waals surface area contributed by atoms with Gasteiger partial charge in [-0.1, -0.05) is 29.8 Å². The molecular formula is C21H26NO3S+. The van der Waals surface area contributed by atoms with Gasteiger partial charge in [-0.05, 0) is 43.2 Å². The number of piperidine rings is 1. The molecule has 0 N–H and O–H groups in total. The fourth-order valence-electron chi connectivity index (χ4n) is 3.46. The molecule has 4 nitrogen and oxygen atoms in total. The predicted molar refractivity (Wildman–Crippen MR) is 104 cm³/mol. The Hall–Kier alpha value is -1.98. The lowest BCUT2D eigenvalue weighted by Crippen LogP contribution is -2.46. The van der Waals surface area contributed by atoms with E-state index in [-0.39, 0.29) is 6.04 Å². The molecule has 2 aromatic carbocycles. The summed E-state index contributed by atoms with van der Waals surface area (Å²) in [5.74, 6) is 2.17.